The van der Waals surface area contributed by atoms with E-state index >= 15 is 0 Å². The summed E-state index contributed by atoms with van der Waals surface area (Å²) in [5, 5.41) is 6.22. The Bertz CT molecular complexity index is 1560. The second-order valence-corrected chi connectivity index (χ2v) is 9.01. The Hall–Kier alpha value is -4.72. The van der Waals surface area contributed by atoms with Crippen LogP contribution in [0, 0.1) is 0 Å². The van der Waals surface area contributed by atoms with E-state index in [0.29, 0.717) is 23.4 Å². The molecule has 178 valence electrons. The average Bonchev–Trinajstić information content (AvgIpc) is 3.42. The summed E-state index contributed by atoms with van der Waals surface area (Å²) in [5.41, 5.74) is 4.83. The minimum Gasteiger partial charge on any atom is -0.350 e. The number of aromatic amines is 1. The first-order valence-corrected chi connectivity index (χ1v) is 11.7. The molecule has 1 aromatic heterocycles. The highest BCUT2D eigenvalue weighted by Gasteiger charge is 2.39. The standard InChI is InChI=1S/C28H22N4O4/c33-23-13-12-22(26(34)31-23)32-15-17-14-18(10-11-19(17)28(32)36)29-27(35)25-24(16-6-2-1-3-7-16)20-8-4-5-9-21(20)30-25/h1-11,14,22,30H,12-13,15H2,(H,29,35)(H,31,33,34). The van der Waals surface area contributed by atoms with Crippen molar-refractivity contribution in [2.45, 2.75) is 25.4 Å². The molecule has 8 heteroatoms. The Kier molecular flexibility index (Phi) is 5.14. The molecule has 3 heterocycles. The first kappa shape index (κ1) is 21.8. The maximum absolute atomic E-state index is 13.4. The molecule has 0 spiro atoms. The molecule has 0 aliphatic carbocycles. The quantitative estimate of drug-likeness (QED) is 0.387. The molecule has 4 amide bonds. The Morgan fingerprint density at radius 2 is 1.72 bits per heavy atom. The van der Waals surface area contributed by atoms with Gasteiger partial charge in [-0.05, 0) is 41.8 Å². The van der Waals surface area contributed by atoms with E-state index in [-0.39, 0.29) is 30.7 Å². The van der Waals surface area contributed by atoms with Crippen molar-refractivity contribution in [3.05, 3.63) is 89.6 Å². The van der Waals surface area contributed by atoms with E-state index < -0.39 is 11.9 Å². The zero-order chi connectivity index (χ0) is 24.8. The lowest BCUT2D eigenvalue weighted by molar-refractivity contribution is -0.136. The zero-order valence-electron chi connectivity index (χ0n) is 19.2. The van der Waals surface area contributed by atoms with Gasteiger partial charge in [0.2, 0.25) is 11.8 Å². The van der Waals surface area contributed by atoms with E-state index in [1.54, 1.807) is 18.2 Å². The number of imide groups is 1. The number of nitrogens with one attached hydrogen (secondary N) is 3. The van der Waals surface area contributed by atoms with Crippen LogP contribution >= 0.6 is 0 Å². The van der Waals surface area contributed by atoms with E-state index in [0.717, 1.165) is 27.6 Å². The van der Waals surface area contributed by atoms with Crippen LogP contribution in [-0.2, 0) is 16.1 Å². The van der Waals surface area contributed by atoms with Crippen molar-refractivity contribution in [2.24, 2.45) is 0 Å². The van der Waals surface area contributed by atoms with Gasteiger partial charge < -0.3 is 15.2 Å². The van der Waals surface area contributed by atoms with Gasteiger partial charge in [-0.15, -0.1) is 0 Å². The maximum atomic E-state index is 13.4. The first-order chi connectivity index (χ1) is 17.5. The number of hydrogen-bond acceptors (Lipinski definition) is 4. The lowest BCUT2D eigenvalue weighted by Gasteiger charge is -2.29. The van der Waals surface area contributed by atoms with Crippen LogP contribution in [-0.4, -0.2) is 39.6 Å². The molecular weight excluding hydrogens is 456 g/mol. The molecule has 0 saturated carbocycles. The number of para-hydroxylation sites is 1. The zero-order valence-corrected chi connectivity index (χ0v) is 19.2. The summed E-state index contributed by atoms with van der Waals surface area (Å²) in [6, 6.07) is 22.0. The van der Waals surface area contributed by atoms with Crippen LogP contribution in [0.3, 0.4) is 0 Å². The average molecular weight is 479 g/mol. The number of aromatic nitrogens is 1. The van der Waals surface area contributed by atoms with E-state index in [1.165, 1.54) is 4.90 Å². The lowest BCUT2D eigenvalue weighted by atomic mass is 10.0. The predicted octanol–water partition coefficient (Wildman–Crippen LogP) is 3.85. The van der Waals surface area contributed by atoms with Gasteiger partial charge in [0, 0.05) is 40.7 Å². The van der Waals surface area contributed by atoms with Crippen molar-refractivity contribution in [3.8, 4) is 11.1 Å². The van der Waals surface area contributed by atoms with E-state index in [4.69, 9.17) is 0 Å². The highest BCUT2D eigenvalue weighted by Crippen LogP contribution is 2.34. The summed E-state index contributed by atoms with van der Waals surface area (Å²) < 4.78 is 0. The monoisotopic (exact) mass is 478 g/mol. The van der Waals surface area contributed by atoms with Crippen molar-refractivity contribution < 1.29 is 19.2 Å². The molecule has 2 aliphatic rings. The fraction of sp³-hybridized carbons (Fsp3) is 0.143. The third kappa shape index (κ3) is 3.63. The normalized spacial score (nSPS) is 17.3. The minimum atomic E-state index is -0.680. The molecule has 6 rings (SSSR count). The summed E-state index contributed by atoms with van der Waals surface area (Å²) in [4.78, 5) is 54.9. The number of benzene rings is 3. The fourth-order valence-electron chi connectivity index (χ4n) is 5.06. The van der Waals surface area contributed by atoms with Crippen LogP contribution < -0.4 is 10.6 Å². The summed E-state index contributed by atoms with van der Waals surface area (Å²) in [6.07, 6.45) is 0.503. The summed E-state index contributed by atoms with van der Waals surface area (Å²) in [5.74, 6) is -1.32. The predicted molar refractivity (Wildman–Crippen MR) is 134 cm³/mol. The number of piperidine rings is 1. The number of carbonyl (C=O) groups excluding carboxylic acids is 4. The molecule has 1 fully saturated rings. The number of anilines is 1. The largest absolute Gasteiger partial charge is 0.350 e. The summed E-state index contributed by atoms with van der Waals surface area (Å²) in [6.45, 7) is 0.242. The van der Waals surface area contributed by atoms with Crippen LogP contribution in [0.4, 0.5) is 5.69 Å². The maximum Gasteiger partial charge on any atom is 0.272 e. The van der Waals surface area contributed by atoms with Gasteiger partial charge in [0.1, 0.15) is 11.7 Å². The molecule has 0 bridgehead atoms. The summed E-state index contributed by atoms with van der Waals surface area (Å²) >= 11 is 0. The first-order valence-electron chi connectivity index (χ1n) is 11.7. The van der Waals surface area contributed by atoms with Crippen molar-refractivity contribution in [2.75, 3.05) is 5.32 Å². The van der Waals surface area contributed by atoms with Crippen LogP contribution in [0.5, 0.6) is 0 Å². The van der Waals surface area contributed by atoms with Crippen molar-refractivity contribution in [3.63, 3.8) is 0 Å². The number of H-pyrrole nitrogens is 1. The molecular formula is C28H22N4O4. The second kappa shape index (κ2) is 8.49. The van der Waals surface area contributed by atoms with Crippen LogP contribution in [0.25, 0.3) is 22.0 Å². The summed E-state index contributed by atoms with van der Waals surface area (Å²) in [7, 11) is 0. The number of fused-ring (bicyclic) bond motifs is 2. The topological polar surface area (TPSA) is 111 Å². The minimum absolute atomic E-state index is 0.200. The lowest BCUT2D eigenvalue weighted by Crippen LogP contribution is -2.52. The smallest absolute Gasteiger partial charge is 0.272 e. The Balaban J connectivity index is 1.28. The van der Waals surface area contributed by atoms with Gasteiger partial charge in [0.15, 0.2) is 0 Å². The van der Waals surface area contributed by atoms with Crippen molar-refractivity contribution in [1.82, 2.24) is 15.2 Å². The number of rotatable bonds is 4. The molecule has 1 saturated heterocycles. The SMILES string of the molecule is O=C1CCC(N2Cc3cc(NC(=O)c4[nH]c5ccccc5c4-c4ccccc4)ccc3C2=O)C(=O)N1. The van der Waals surface area contributed by atoms with Gasteiger partial charge in [-0.1, -0.05) is 48.5 Å². The molecule has 2 aliphatic heterocycles. The third-order valence-corrected chi connectivity index (χ3v) is 6.78. The number of amides is 4. The molecule has 1 unspecified atom stereocenters. The van der Waals surface area contributed by atoms with Crippen molar-refractivity contribution >= 4 is 40.2 Å². The third-order valence-electron chi connectivity index (χ3n) is 6.78. The van der Waals surface area contributed by atoms with E-state index in [9.17, 15) is 19.2 Å². The van der Waals surface area contributed by atoms with Gasteiger partial charge in [0.05, 0.1) is 0 Å². The molecule has 8 nitrogen and oxygen atoms in total. The van der Waals surface area contributed by atoms with E-state index in [1.807, 2.05) is 54.6 Å². The van der Waals surface area contributed by atoms with Gasteiger partial charge in [-0.3, -0.25) is 24.5 Å². The van der Waals surface area contributed by atoms with E-state index in [2.05, 4.69) is 15.6 Å². The van der Waals surface area contributed by atoms with Gasteiger partial charge >= 0.3 is 0 Å². The highest BCUT2D eigenvalue weighted by molar-refractivity contribution is 6.14. The number of hydrogen-bond donors (Lipinski definition) is 3. The Morgan fingerprint density at radius 1 is 0.944 bits per heavy atom. The van der Waals surface area contributed by atoms with Gasteiger partial charge in [-0.25, -0.2) is 0 Å². The molecule has 3 aromatic carbocycles. The van der Waals surface area contributed by atoms with Crippen LogP contribution in [0.2, 0.25) is 0 Å². The van der Waals surface area contributed by atoms with Crippen LogP contribution in [0.15, 0.2) is 72.8 Å². The van der Waals surface area contributed by atoms with Crippen LogP contribution in [0.1, 0.15) is 39.3 Å². The Morgan fingerprint density at radius 3 is 2.53 bits per heavy atom. The molecule has 0 radical (unpaired) electrons. The molecule has 3 N–H and O–H groups in total. The molecule has 36 heavy (non-hydrogen) atoms. The second-order valence-electron chi connectivity index (χ2n) is 9.01. The van der Waals surface area contributed by atoms with Gasteiger partial charge in [-0.2, -0.15) is 0 Å². The highest BCUT2D eigenvalue weighted by atomic mass is 16.2. The molecule has 4 aromatic rings. The number of nitrogens with zero attached hydrogens (tertiary/aromatic N) is 1. The Labute approximate surface area is 206 Å². The number of carbonyl (C=O) groups is 4. The fourth-order valence-corrected chi connectivity index (χ4v) is 5.06. The molecule has 1 atom stereocenters. The van der Waals surface area contributed by atoms with Gasteiger partial charge in [0.25, 0.3) is 11.8 Å². The van der Waals surface area contributed by atoms with Crippen molar-refractivity contribution in [1.29, 1.82) is 0 Å².